The maximum atomic E-state index is 14.0. The van der Waals surface area contributed by atoms with Crippen molar-refractivity contribution < 1.29 is 13.9 Å². The van der Waals surface area contributed by atoms with Gasteiger partial charge in [0.2, 0.25) is 0 Å². The van der Waals surface area contributed by atoms with Gasteiger partial charge < -0.3 is 4.74 Å². The van der Waals surface area contributed by atoms with Crippen molar-refractivity contribution in [2.24, 2.45) is 0 Å². The van der Waals surface area contributed by atoms with Gasteiger partial charge in [-0.15, -0.1) is 0 Å². The number of ether oxygens (including phenoxy) is 1. The minimum absolute atomic E-state index is 0.000766. The molecule has 0 atom stereocenters. The van der Waals surface area contributed by atoms with Crippen LogP contribution in [0.25, 0.3) is 10.9 Å². The maximum Gasteiger partial charge on any atom is 0.341 e. The van der Waals surface area contributed by atoms with E-state index in [4.69, 9.17) is 11.6 Å². The van der Waals surface area contributed by atoms with E-state index in [2.05, 4.69) is 25.7 Å². The zero-order valence-corrected chi connectivity index (χ0v) is 11.9. The number of aromatic nitrogens is 1. The monoisotopic (exact) mass is 331 g/mol. The van der Waals surface area contributed by atoms with Crippen LogP contribution in [0.2, 0.25) is 5.15 Å². The predicted octanol–water partition coefficient (Wildman–Crippen LogP) is 3.88. The van der Waals surface area contributed by atoms with Crippen LogP contribution in [0.1, 0.15) is 15.9 Å². The molecule has 0 spiro atoms. The van der Waals surface area contributed by atoms with Crippen molar-refractivity contribution in [1.82, 2.24) is 4.98 Å². The number of esters is 1. The first-order valence-electron chi connectivity index (χ1n) is 4.99. The third kappa shape index (κ3) is 2.08. The van der Waals surface area contributed by atoms with E-state index in [0.29, 0.717) is 9.99 Å². The number of hydrogen-bond donors (Lipinski definition) is 0. The van der Waals surface area contributed by atoms with Gasteiger partial charge in [0.15, 0.2) is 0 Å². The van der Waals surface area contributed by atoms with Crippen molar-refractivity contribution in [3.63, 3.8) is 0 Å². The first-order chi connectivity index (χ1) is 8.45. The van der Waals surface area contributed by atoms with Gasteiger partial charge in [-0.05, 0) is 40.5 Å². The molecule has 1 aromatic carbocycles. The van der Waals surface area contributed by atoms with Crippen LogP contribution >= 0.6 is 27.5 Å². The molecule has 94 valence electrons. The molecule has 0 aliphatic carbocycles. The fraction of sp³-hybridized carbons (Fsp3) is 0.167. The number of benzene rings is 1. The van der Waals surface area contributed by atoms with E-state index < -0.39 is 11.8 Å². The lowest BCUT2D eigenvalue weighted by Gasteiger charge is -2.08. The second-order valence-electron chi connectivity index (χ2n) is 3.70. The third-order valence-corrected chi connectivity index (χ3v) is 3.41. The number of carbonyl (C=O) groups excluding carboxylic acids is 1. The molecule has 0 fully saturated rings. The van der Waals surface area contributed by atoms with E-state index >= 15 is 0 Å². The molecular formula is C12H8BrClFNO2. The Kier molecular flexibility index (Phi) is 3.54. The highest BCUT2D eigenvalue weighted by atomic mass is 79.9. The quantitative estimate of drug-likeness (QED) is 0.587. The normalized spacial score (nSPS) is 10.7. The molecule has 0 aliphatic rings. The molecule has 0 unspecified atom stereocenters. The lowest BCUT2D eigenvalue weighted by atomic mass is 10.1. The zero-order chi connectivity index (χ0) is 13.4. The van der Waals surface area contributed by atoms with Crippen LogP contribution in [-0.4, -0.2) is 18.1 Å². The number of fused-ring (bicyclic) bond motifs is 1. The second kappa shape index (κ2) is 4.82. The van der Waals surface area contributed by atoms with Gasteiger partial charge in [0, 0.05) is 5.39 Å². The Labute approximate surface area is 116 Å². The van der Waals surface area contributed by atoms with E-state index in [9.17, 15) is 9.18 Å². The first-order valence-corrected chi connectivity index (χ1v) is 6.16. The summed E-state index contributed by atoms with van der Waals surface area (Å²) in [5, 5.41) is 0.228. The number of carbonyl (C=O) groups is 1. The highest BCUT2D eigenvalue weighted by Crippen LogP contribution is 2.30. The summed E-state index contributed by atoms with van der Waals surface area (Å²) in [4.78, 5) is 15.5. The Bertz CT molecular complexity index is 660. The Morgan fingerprint density at radius 2 is 2.17 bits per heavy atom. The lowest BCUT2D eigenvalue weighted by molar-refractivity contribution is 0.0600. The summed E-state index contributed by atoms with van der Waals surface area (Å²) < 4.78 is 18.9. The summed E-state index contributed by atoms with van der Waals surface area (Å²) >= 11 is 9.01. The average molecular weight is 333 g/mol. The van der Waals surface area contributed by atoms with Gasteiger partial charge in [0.25, 0.3) is 0 Å². The number of methoxy groups -OCH3 is 1. The topological polar surface area (TPSA) is 39.2 Å². The molecule has 1 heterocycles. The van der Waals surface area contributed by atoms with Crippen molar-refractivity contribution in [2.45, 2.75) is 6.92 Å². The Balaban J connectivity index is 2.85. The van der Waals surface area contributed by atoms with Crippen molar-refractivity contribution >= 4 is 44.4 Å². The lowest BCUT2D eigenvalue weighted by Crippen LogP contribution is -2.04. The molecule has 18 heavy (non-hydrogen) atoms. The Hall–Kier alpha value is -1.20. The van der Waals surface area contributed by atoms with Gasteiger partial charge in [-0.2, -0.15) is 0 Å². The SMILES string of the molecule is COC(=O)c1cc2c(F)c(Br)cc(C)c2nc1Cl. The molecular weight excluding hydrogens is 324 g/mol. The van der Waals surface area contributed by atoms with Gasteiger partial charge in [-0.3, -0.25) is 0 Å². The van der Waals surface area contributed by atoms with Gasteiger partial charge in [0.05, 0.1) is 22.7 Å². The van der Waals surface area contributed by atoms with Crippen molar-refractivity contribution in [2.75, 3.05) is 7.11 Å². The maximum absolute atomic E-state index is 14.0. The van der Waals surface area contributed by atoms with Crippen LogP contribution in [0.4, 0.5) is 4.39 Å². The predicted molar refractivity (Wildman–Crippen MR) is 70.5 cm³/mol. The molecule has 0 saturated carbocycles. The zero-order valence-electron chi connectivity index (χ0n) is 9.55. The standard InChI is InChI=1S/C12H8BrClFNO2/c1-5-3-8(13)9(15)6-4-7(12(17)18-2)11(14)16-10(5)6/h3-4H,1-2H3. The molecule has 6 heteroatoms. The highest BCUT2D eigenvalue weighted by Gasteiger charge is 2.17. The van der Waals surface area contributed by atoms with E-state index in [0.717, 1.165) is 5.56 Å². The van der Waals surface area contributed by atoms with Crippen LogP contribution in [0.3, 0.4) is 0 Å². The molecule has 2 rings (SSSR count). The molecule has 0 N–H and O–H groups in total. The van der Waals surface area contributed by atoms with Crippen molar-refractivity contribution in [3.8, 4) is 0 Å². The van der Waals surface area contributed by atoms with Crippen molar-refractivity contribution in [3.05, 3.63) is 38.7 Å². The minimum Gasteiger partial charge on any atom is -0.465 e. The van der Waals surface area contributed by atoms with E-state index in [1.165, 1.54) is 13.2 Å². The number of hydrogen-bond acceptors (Lipinski definition) is 3. The van der Waals surface area contributed by atoms with E-state index in [1.807, 2.05) is 0 Å². The number of nitrogens with zero attached hydrogens (tertiary/aromatic N) is 1. The third-order valence-electron chi connectivity index (χ3n) is 2.54. The molecule has 0 bridgehead atoms. The van der Waals surface area contributed by atoms with Gasteiger partial charge >= 0.3 is 5.97 Å². The molecule has 0 saturated heterocycles. The summed E-state index contributed by atoms with van der Waals surface area (Å²) in [7, 11) is 1.23. The fourth-order valence-electron chi connectivity index (χ4n) is 1.66. The van der Waals surface area contributed by atoms with Gasteiger partial charge in [-0.25, -0.2) is 14.2 Å². The number of rotatable bonds is 1. The van der Waals surface area contributed by atoms with Crippen LogP contribution < -0.4 is 0 Å². The fourth-order valence-corrected chi connectivity index (χ4v) is 2.44. The van der Waals surface area contributed by atoms with E-state index in [-0.39, 0.29) is 16.1 Å². The van der Waals surface area contributed by atoms with Gasteiger partial charge in [-0.1, -0.05) is 11.6 Å². The summed E-state index contributed by atoms with van der Waals surface area (Å²) in [5.74, 6) is -1.13. The summed E-state index contributed by atoms with van der Waals surface area (Å²) in [6, 6.07) is 2.96. The number of aryl methyl sites for hydroxylation is 1. The highest BCUT2D eigenvalue weighted by molar-refractivity contribution is 9.10. The second-order valence-corrected chi connectivity index (χ2v) is 4.92. The van der Waals surface area contributed by atoms with Crippen LogP contribution in [-0.2, 0) is 4.74 Å². The molecule has 0 aliphatic heterocycles. The summed E-state index contributed by atoms with van der Waals surface area (Å²) in [5.41, 5.74) is 1.23. The van der Waals surface area contributed by atoms with E-state index in [1.54, 1.807) is 13.0 Å². The smallest absolute Gasteiger partial charge is 0.341 e. The van der Waals surface area contributed by atoms with Crippen LogP contribution in [0.5, 0.6) is 0 Å². The van der Waals surface area contributed by atoms with Crippen LogP contribution in [0.15, 0.2) is 16.6 Å². The molecule has 2 aromatic rings. The van der Waals surface area contributed by atoms with Crippen LogP contribution in [0, 0.1) is 12.7 Å². The summed E-state index contributed by atoms with van der Waals surface area (Å²) in [6.45, 7) is 1.79. The molecule has 1 aromatic heterocycles. The molecule has 0 radical (unpaired) electrons. The first kappa shape index (κ1) is 13.2. The van der Waals surface area contributed by atoms with Gasteiger partial charge in [0.1, 0.15) is 11.0 Å². The number of pyridine rings is 1. The minimum atomic E-state index is -0.647. The number of halogens is 3. The molecule has 0 amide bonds. The summed E-state index contributed by atoms with van der Waals surface area (Å²) in [6.07, 6.45) is 0. The van der Waals surface area contributed by atoms with Crippen molar-refractivity contribution in [1.29, 1.82) is 0 Å². The largest absolute Gasteiger partial charge is 0.465 e. The Morgan fingerprint density at radius 1 is 1.50 bits per heavy atom. The average Bonchev–Trinajstić information content (AvgIpc) is 2.35. The molecule has 3 nitrogen and oxygen atoms in total. The Morgan fingerprint density at radius 3 is 2.78 bits per heavy atom.